The summed E-state index contributed by atoms with van der Waals surface area (Å²) in [5.41, 5.74) is -0.135. The number of benzene rings is 3. The Balaban J connectivity index is 1.30. The predicted octanol–water partition coefficient (Wildman–Crippen LogP) is 2.92. The van der Waals surface area contributed by atoms with Gasteiger partial charge >= 0.3 is 5.97 Å². The molecule has 2 fully saturated rings. The van der Waals surface area contributed by atoms with E-state index in [1.165, 1.54) is 11.8 Å². The molecular formula is C29H28N2O6S. The number of para-hydroxylation sites is 1. The molecule has 2 aliphatic heterocycles. The molecule has 5 rings (SSSR count). The van der Waals surface area contributed by atoms with Gasteiger partial charge in [0.15, 0.2) is 24.5 Å². The summed E-state index contributed by atoms with van der Waals surface area (Å²) in [6.45, 7) is 1.51. The molecule has 2 amide bonds. The van der Waals surface area contributed by atoms with Crippen LogP contribution in [0.25, 0.3) is 0 Å². The van der Waals surface area contributed by atoms with E-state index in [2.05, 4.69) is 5.32 Å². The molecule has 38 heavy (non-hydrogen) atoms. The lowest BCUT2D eigenvalue weighted by molar-refractivity contribution is -0.221. The van der Waals surface area contributed by atoms with E-state index in [-0.39, 0.29) is 17.6 Å². The summed E-state index contributed by atoms with van der Waals surface area (Å²) in [5, 5.41) is 13.7. The zero-order chi connectivity index (χ0) is 26.7. The van der Waals surface area contributed by atoms with Crippen molar-refractivity contribution < 1.29 is 29.0 Å². The molecule has 2 N–H and O–H groups in total. The number of carbonyl (C=O) groups is 3. The van der Waals surface area contributed by atoms with Crippen molar-refractivity contribution in [1.29, 1.82) is 0 Å². The molecule has 4 atom stereocenters. The lowest BCUT2D eigenvalue weighted by Gasteiger charge is -2.59. The average Bonchev–Trinajstić information content (AvgIpc) is 2.96. The normalized spacial score (nSPS) is 24.2. The van der Waals surface area contributed by atoms with Crippen molar-refractivity contribution in [2.75, 3.05) is 12.4 Å². The standard InChI is InChI=1S/C29H28N2O6S/c1-19-24(28(34)37-25(20-11-5-2-6-12-20)21-13-7-3-8-14-21)31-27(33)26(29(31,35)18-38-19)30-23(32)17-36-22-15-9-4-10-16-22/h2-16,19,24-26,35H,17-18H2,1H3,(H,30,32). The van der Waals surface area contributed by atoms with E-state index in [9.17, 15) is 19.5 Å². The smallest absolute Gasteiger partial charge is 0.331 e. The number of hydrogen-bond acceptors (Lipinski definition) is 7. The number of hydrogen-bond donors (Lipinski definition) is 2. The molecule has 3 aromatic rings. The molecule has 0 aromatic heterocycles. The number of aliphatic hydroxyl groups is 1. The molecule has 8 nitrogen and oxygen atoms in total. The van der Waals surface area contributed by atoms with Gasteiger partial charge in [-0.3, -0.25) is 14.5 Å². The summed E-state index contributed by atoms with van der Waals surface area (Å²) in [6, 6.07) is 25.3. The molecule has 0 radical (unpaired) electrons. The predicted molar refractivity (Wildman–Crippen MR) is 142 cm³/mol. The second kappa shape index (κ2) is 10.9. The third kappa shape index (κ3) is 4.99. The van der Waals surface area contributed by atoms with Crippen molar-refractivity contribution >= 4 is 29.5 Å². The van der Waals surface area contributed by atoms with Crippen LogP contribution in [0.2, 0.25) is 0 Å². The molecule has 4 unspecified atom stereocenters. The van der Waals surface area contributed by atoms with E-state index < -0.39 is 41.7 Å². The number of rotatable bonds is 8. The minimum Gasteiger partial charge on any atom is -0.484 e. The Bertz CT molecular complexity index is 1250. The van der Waals surface area contributed by atoms with Gasteiger partial charge in [0.05, 0.1) is 0 Å². The molecule has 0 bridgehead atoms. The number of nitrogens with zero attached hydrogens (tertiary/aromatic N) is 1. The zero-order valence-corrected chi connectivity index (χ0v) is 21.5. The summed E-state index contributed by atoms with van der Waals surface area (Å²) in [6.07, 6.45) is -0.681. The van der Waals surface area contributed by atoms with Gasteiger partial charge in [-0.05, 0) is 23.3 Å². The van der Waals surface area contributed by atoms with Crippen LogP contribution in [0.5, 0.6) is 5.75 Å². The van der Waals surface area contributed by atoms with Gasteiger partial charge in [0.25, 0.3) is 11.8 Å². The van der Waals surface area contributed by atoms with Crippen molar-refractivity contribution in [2.24, 2.45) is 0 Å². The minimum absolute atomic E-state index is 0.148. The number of esters is 1. The Morgan fingerprint density at radius 3 is 2.13 bits per heavy atom. The van der Waals surface area contributed by atoms with Crippen LogP contribution < -0.4 is 10.1 Å². The van der Waals surface area contributed by atoms with Gasteiger partial charge in [-0.15, -0.1) is 0 Å². The number of ether oxygens (including phenoxy) is 2. The number of carbonyl (C=O) groups excluding carboxylic acids is 3. The summed E-state index contributed by atoms with van der Waals surface area (Å²) >= 11 is 1.35. The first-order valence-corrected chi connectivity index (χ1v) is 13.4. The fraction of sp³-hybridized carbons (Fsp3) is 0.276. The highest BCUT2D eigenvalue weighted by Crippen LogP contribution is 2.44. The molecule has 0 aliphatic carbocycles. The van der Waals surface area contributed by atoms with Crippen LogP contribution >= 0.6 is 11.8 Å². The van der Waals surface area contributed by atoms with Gasteiger partial charge in [0.1, 0.15) is 11.8 Å². The van der Waals surface area contributed by atoms with E-state index in [1.54, 1.807) is 24.3 Å². The Morgan fingerprint density at radius 1 is 1.00 bits per heavy atom. The highest BCUT2D eigenvalue weighted by atomic mass is 32.2. The monoisotopic (exact) mass is 532 g/mol. The first-order valence-electron chi connectivity index (χ1n) is 12.3. The molecule has 196 valence electrons. The van der Waals surface area contributed by atoms with E-state index in [1.807, 2.05) is 73.7 Å². The van der Waals surface area contributed by atoms with E-state index in [0.29, 0.717) is 5.75 Å². The van der Waals surface area contributed by atoms with Crippen molar-refractivity contribution in [3.8, 4) is 5.75 Å². The maximum absolute atomic E-state index is 13.6. The maximum Gasteiger partial charge on any atom is 0.331 e. The van der Waals surface area contributed by atoms with Gasteiger partial charge in [0, 0.05) is 11.0 Å². The Kier molecular flexibility index (Phi) is 7.40. The number of β-lactam (4-membered cyclic amide) rings is 1. The van der Waals surface area contributed by atoms with Crippen LogP contribution in [-0.4, -0.2) is 63.2 Å². The quantitative estimate of drug-likeness (QED) is 0.340. The Hall–Kier alpha value is -3.82. The second-order valence-corrected chi connectivity index (χ2v) is 10.7. The summed E-state index contributed by atoms with van der Waals surface area (Å²) in [5.74, 6) is -1.04. The fourth-order valence-corrected chi connectivity index (χ4v) is 6.03. The third-order valence-electron chi connectivity index (χ3n) is 6.74. The maximum atomic E-state index is 13.6. The number of nitrogens with one attached hydrogen (secondary N) is 1. The molecule has 9 heteroatoms. The lowest BCUT2D eigenvalue weighted by atomic mass is 9.87. The van der Waals surface area contributed by atoms with Crippen LogP contribution in [-0.2, 0) is 19.1 Å². The second-order valence-electron chi connectivity index (χ2n) is 9.29. The first-order chi connectivity index (χ1) is 18.4. The first kappa shape index (κ1) is 25.8. The van der Waals surface area contributed by atoms with E-state index >= 15 is 0 Å². The third-order valence-corrected chi connectivity index (χ3v) is 8.12. The van der Waals surface area contributed by atoms with Gasteiger partial charge in [0.2, 0.25) is 0 Å². The highest BCUT2D eigenvalue weighted by Gasteiger charge is 2.67. The molecule has 2 heterocycles. The minimum atomic E-state index is -1.71. The Labute approximate surface area is 224 Å². The van der Waals surface area contributed by atoms with Crippen LogP contribution in [0, 0.1) is 0 Å². The van der Waals surface area contributed by atoms with Crippen molar-refractivity contribution in [3.05, 3.63) is 102 Å². The Morgan fingerprint density at radius 2 is 1.55 bits per heavy atom. The molecule has 0 saturated carbocycles. The largest absolute Gasteiger partial charge is 0.484 e. The van der Waals surface area contributed by atoms with Gasteiger partial charge in [-0.1, -0.05) is 85.8 Å². The average molecular weight is 533 g/mol. The molecule has 0 spiro atoms. The lowest BCUT2D eigenvalue weighted by Crippen LogP contribution is -2.85. The van der Waals surface area contributed by atoms with Crippen LogP contribution in [0.3, 0.4) is 0 Å². The highest BCUT2D eigenvalue weighted by molar-refractivity contribution is 8.00. The van der Waals surface area contributed by atoms with Crippen LogP contribution in [0.1, 0.15) is 24.2 Å². The fourth-order valence-electron chi connectivity index (χ4n) is 4.80. The number of amides is 2. The van der Waals surface area contributed by atoms with Crippen molar-refractivity contribution in [3.63, 3.8) is 0 Å². The van der Waals surface area contributed by atoms with E-state index in [4.69, 9.17) is 9.47 Å². The molecule has 2 aliphatic rings. The van der Waals surface area contributed by atoms with Crippen LogP contribution in [0.15, 0.2) is 91.0 Å². The summed E-state index contributed by atoms with van der Waals surface area (Å²) < 4.78 is 11.5. The van der Waals surface area contributed by atoms with Crippen LogP contribution in [0.4, 0.5) is 0 Å². The molecule has 3 aromatic carbocycles. The number of thioether (sulfide) groups is 1. The van der Waals surface area contributed by atoms with E-state index in [0.717, 1.165) is 16.0 Å². The molecular weight excluding hydrogens is 504 g/mol. The van der Waals surface area contributed by atoms with Gasteiger partial charge in [-0.2, -0.15) is 11.8 Å². The number of fused-ring (bicyclic) bond motifs is 1. The van der Waals surface area contributed by atoms with Crippen molar-refractivity contribution in [1.82, 2.24) is 10.2 Å². The van der Waals surface area contributed by atoms with Gasteiger partial charge in [-0.25, -0.2) is 4.79 Å². The SMILES string of the molecule is CC1SCC2(O)C(NC(=O)COc3ccccc3)C(=O)N2C1C(=O)OC(c1ccccc1)c1ccccc1. The van der Waals surface area contributed by atoms with Crippen molar-refractivity contribution in [2.45, 2.75) is 36.1 Å². The molecule has 2 saturated heterocycles. The topological polar surface area (TPSA) is 105 Å². The van der Waals surface area contributed by atoms with Gasteiger partial charge < -0.3 is 19.9 Å². The summed E-state index contributed by atoms with van der Waals surface area (Å²) in [7, 11) is 0. The summed E-state index contributed by atoms with van der Waals surface area (Å²) in [4.78, 5) is 40.4. The zero-order valence-electron chi connectivity index (χ0n) is 20.7.